The monoisotopic (exact) mass is 239 g/mol. The Bertz CT molecular complexity index is 278. The van der Waals surface area contributed by atoms with E-state index in [4.69, 9.17) is 5.73 Å². The van der Waals surface area contributed by atoms with Gasteiger partial charge in [0.05, 0.1) is 5.01 Å². The number of hydrogen-bond donors (Lipinski definition) is 2. The summed E-state index contributed by atoms with van der Waals surface area (Å²) in [5.74, 6) is 0.844. The minimum Gasteiger partial charge on any atom is -0.328 e. The molecule has 0 radical (unpaired) electrons. The van der Waals surface area contributed by atoms with E-state index in [1.807, 2.05) is 11.6 Å². The summed E-state index contributed by atoms with van der Waals surface area (Å²) >= 11 is 1.74. The molecular weight excluding hydrogens is 218 g/mol. The van der Waals surface area contributed by atoms with Crippen LogP contribution in [0, 0.1) is 5.92 Å². The Morgan fingerprint density at radius 3 is 2.88 bits per heavy atom. The van der Waals surface area contributed by atoms with Gasteiger partial charge < -0.3 is 11.1 Å². The maximum absolute atomic E-state index is 5.89. The van der Waals surface area contributed by atoms with Crippen LogP contribution in [0.5, 0.6) is 0 Å². The molecule has 0 aliphatic heterocycles. The summed E-state index contributed by atoms with van der Waals surface area (Å²) in [5, 5.41) is 6.81. The SMILES string of the molecule is NC1CCC(CNCCc2nccs2)CC1. The summed E-state index contributed by atoms with van der Waals surface area (Å²) in [6, 6.07) is 0.464. The maximum atomic E-state index is 5.89. The number of aromatic nitrogens is 1. The molecule has 0 saturated heterocycles. The van der Waals surface area contributed by atoms with Crippen LogP contribution in [0.2, 0.25) is 0 Å². The molecule has 2 rings (SSSR count). The summed E-state index contributed by atoms with van der Waals surface area (Å²) in [6.07, 6.45) is 7.95. The third-order valence-corrected chi connectivity index (χ3v) is 4.16. The van der Waals surface area contributed by atoms with Crippen molar-refractivity contribution in [3.63, 3.8) is 0 Å². The van der Waals surface area contributed by atoms with Crippen LogP contribution in [0.15, 0.2) is 11.6 Å². The topological polar surface area (TPSA) is 50.9 Å². The molecule has 1 aromatic heterocycles. The Kier molecular flexibility index (Phi) is 4.75. The van der Waals surface area contributed by atoms with E-state index >= 15 is 0 Å². The van der Waals surface area contributed by atoms with Crippen molar-refractivity contribution in [2.75, 3.05) is 13.1 Å². The molecular formula is C12H21N3S. The largest absolute Gasteiger partial charge is 0.328 e. The lowest BCUT2D eigenvalue weighted by Gasteiger charge is -2.26. The molecule has 1 aliphatic rings. The first-order valence-corrected chi connectivity index (χ1v) is 7.07. The number of thiazole rings is 1. The standard InChI is InChI=1S/C12H21N3S/c13-11-3-1-10(2-4-11)9-14-6-5-12-15-7-8-16-12/h7-8,10-11,14H,1-6,9,13H2. The van der Waals surface area contributed by atoms with Gasteiger partial charge in [0.2, 0.25) is 0 Å². The van der Waals surface area contributed by atoms with Crippen LogP contribution < -0.4 is 11.1 Å². The van der Waals surface area contributed by atoms with E-state index < -0.39 is 0 Å². The molecule has 1 heterocycles. The fraction of sp³-hybridized carbons (Fsp3) is 0.750. The molecule has 4 heteroatoms. The molecule has 90 valence electrons. The highest BCUT2D eigenvalue weighted by Crippen LogP contribution is 2.22. The summed E-state index contributed by atoms with van der Waals surface area (Å²) in [7, 11) is 0. The molecule has 0 unspecified atom stereocenters. The van der Waals surface area contributed by atoms with Crippen molar-refractivity contribution in [2.45, 2.75) is 38.1 Å². The van der Waals surface area contributed by atoms with Crippen LogP contribution >= 0.6 is 11.3 Å². The van der Waals surface area contributed by atoms with E-state index in [1.165, 1.54) is 30.7 Å². The number of rotatable bonds is 5. The van der Waals surface area contributed by atoms with Gasteiger partial charge in [0.1, 0.15) is 0 Å². The zero-order chi connectivity index (χ0) is 11.2. The molecule has 1 saturated carbocycles. The number of nitrogens with one attached hydrogen (secondary N) is 1. The summed E-state index contributed by atoms with van der Waals surface area (Å²) in [6.45, 7) is 2.20. The molecule has 0 spiro atoms. The van der Waals surface area contributed by atoms with Gasteiger partial charge in [0.15, 0.2) is 0 Å². The Labute approximate surface area is 101 Å². The molecule has 0 aromatic carbocycles. The van der Waals surface area contributed by atoms with E-state index in [-0.39, 0.29) is 0 Å². The Morgan fingerprint density at radius 2 is 2.19 bits per heavy atom. The Balaban J connectivity index is 1.55. The molecule has 1 aromatic rings. The molecule has 16 heavy (non-hydrogen) atoms. The first-order valence-electron chi connectivity index (χ1n) is 6.19. The molecule has 3 N–H and O–H groups in total. The van der Waals surface area contributed by atoms with Crippen LogP contribution in [0.3, 0.4) is 0 Å². The lowest BCUT2D eigenvalue weighted by Crippen LogP contribution is -2.32. The van der Waals surface area contributed by atoms with Crippen molar-refractivity contribution in [1.29, 1.82) is 0 Å². The molecule has 0 atom stereocenters. The van der Waals surface area contributed by atoms with Crippen LogP contribution in [-0.2, 0) is 6.42 Å². The van der Waals surface area contributed by atoms with Crippen LogP contribution in [0.1, 0.15) is 30.7 Å². The second-order valence-electron chi connectivity index (χ2n) is 4.66. The van der Waals surface area contributed by atoms with Gasteiger partial charge in [-0.2, -0.15) is 0 Å². The first kappa shape index (κ1) is 12.0. The first-order chi connectivity index (χ1) is 7.84. The third kappa shape index (κ3) is 3.85. The molecule has 3 nitrogen and oxygen atoms in total. The zero-order valence-electron chi connectivity index (χ0n) is 9.69. The van der Waals surface area contributed by atoms with Crippen molar-refractivity contribution in [2.24, 2.45) is 11.7 Å². The average molecular weight is 239 g/mol. The molecule has 1 aliphatic carbocycles. The van der Waals surface area contributed by atoms with Crippen LogP contribution in [0.4, 0.5) is 0 Å². The van der Waals surface area contributed by atoms with Crippen molar-refractivity contribution < 1.29 is 0 Å². The maximum Gasteiger partial charge on any atom is 0.0937 e. The molecule has 0 amide bonds. The van der Waals surface area contributed by atoms with Crippen molar-refractivity contribution in [1.82, 2.24) is 10.3 Å². The average Bonchev–Trinajstić information content (AvgIpc) is 2.80. The van der Waals surface area contributed by atoms with Gasteiger partial charge in [0.25, 0.3) is 0 Å². The van der Waals surface area contributed by atoms with Gasteiger partial charge in [-0.25, -0.2) is 4.98 Å². The lowest BCUT2D eigenvalue weighted by molar-refractivity contribution is 0.315. The predicted molar refractivity (Wildman–Crippen MR) is 68.6 cm³/mol. The van der Waals surface area contributed by atoms with E-state index in [1.54, 1.807) is 11.3 Å². The summed E-state index contributed by atoms with van der Waals surface area (Å²) in [5.41, 5.74) is 5.89. The van der Waals surface area contributed by atoms with Crippen molar-refractivity contribution >= 4 is 11.3 Å². The van der Waals surface area contributed by atoms with E-state index in [2.05, 4.69) is 10.3 Å². The number of nitrogens with two attached hydrogens (primary N) is 1. The van der Waals surface area contributed by atoms with Crippen molar-refractivity contribution in [3.05, 3.63) is 16.6 Å². The second-order valence-corrected chi connectivity index (χ2v) is 5.64. The summed E-state index contributed by atoms with van der Waals surface area (Å²) in [4.78, 5) is 4.27. The highest BCUT2D eigenvalue weighted by atomic mass is 32.1. The minimum absolute atomic E-state index is 0.464. The summed E-state index contributed by atoms with van der Waals surface area (Å²) < 4.78 is 0. The smallest absolute Gasteiger partial charge is 0.0937 e. The molecule has 0 bridgehead atoms. The second kappa shape index (κ2) is 6.33. The van der Waals surface area contributed by atoms with Gasteiger partial charge in [-0.05, 0) is 38.1 Å². The zero-order valence-corrected chi connectivity index (χ0v) is 10.5. The number of hydrogen-bond acceptors (Lipinski definition) is 4. The lowest BCUT2D eigenvalue weighted by atomic mass is 9.86. The minimum atomic E-state index is 0.464. The highest BCUT2D eigenvalue weighted by molar-refractivity contribution is 7.09. The third-order valence-electron chi connectivity index (χ3n) is 3.32. The quantitative estimate of drug-likeness (QED) is 0.770. The fourth-order valence-corrected chi connectivity index (χ4v) is 2.89. The van der Waals surface area contributed by atoms with E-state index in [0.717, 1.165) is 25.4 Å². The van der Waals surface area contributed by atoms with Crippen molar-refractivity contribution in [3.8, 4) is 0 Å². The Morgan fingerprint density at radius 1 is 1.38 bits per heavy atom. The van der Waals surface area contributed by atoms with Gasteiger partial charge in [-0.15, -0.1) is 11.3 Å². The molecule has 1 fully saturated rings. The fourth-order valence-electron chi connectivity index (χ4n) is 2.27. The van der Waals surface area contributed by atoms with E-state index in [9.17, 15) is 0 Å². The van der Waals surface area contributed by atoms with Gasteiger partial charge in [-0.3, -0.25) is 0 Å². The van der Waals surface area contributed by atoms with E-state index in [0.29, 0.717) is 6.04 Å². The van der Waals surface area contributed by atoms with Gasteiger partial charge in [-0.1, -0.05) is 0 Å². The Hall–Kier alpha value is -0.450. The van der Waals surface area contributed by atoms with Gasteiger partial charge >= 0.3 is 0 Å². The predicted octanol–water partition coefficient (Wildman–Crippen LogP) is 1.79. The number of nitrogens with zero attached hydrogens (tertiary/aromatic N) is 1. The van der Waals surface area contributed by atoms with Gasteiger partial charge in [0, 0.05) is 30.6 Å². The normalized spacial score (nSPS) is 25.8. The van der Waals surface area contributed by atoms with Crippen LogP contribution in [-0.4, -0.2) is 24.1 Å². The highest BCUT2D eigenvalue weighted by Gasteiger charge is 2.17. The van der Waals surface area contributed by atoms with Crippen LogP contribution in [0.25, 0.3) is 0 Å².